The second kappa shape index (κ2) is 24.1. The third kappa shape index (κ3) is 10.1. The maximum atomic E-state index is 7.37. The minimum absolute atomic E-state index is 0.383. The lowest BCUT2D eigenvalue weighted by molar-refractivity contribution is 0.477. The molecule has 15 aromatic rings. The van der Waals surface area contributed by atoms with E-state index in [0.717, 1.165) is 102 Å². The first-order chi connectivity index (χ1) is 47.5. The van der Waals surface area contributed by atoms with Crippen LogP contribution in [0.2, 0.25) is 0 Å². The number of benzene rings is 13. The van der Waals surface area contributed by atoms with E-state index in [4.69, 9.17) is 30.9 Å². The zero-order valence-corrected chi connectivity index (χ0v) is 51.9. The van der Waals surface area contributed by atoms with Gasteiger partial charge in [0, 0.05) is 103 Å². The molecule has 0 spiro atoms. The second-order valence-electron chi connectivity index (χ2n) is 23.5. The molecule has 458 valence electrons. The third-order valence-electron chi connectivity index (χ3n) is 17.7. The molecule has 0 fully saturated rings. The normalized spacial score (nSPS) is 12.0. The highest BCUT2D eigenvalue weighted by atomic mass is 16.5. The van der Waals surface area contributed by atoms with Gasteiger partial charge in [0.25, 0.3) is 0 Å². The van der Waals surface area contributed by atoms with Crippen molar-refractivity contribution in [3.63, 3.8) is 0 Å². The number of pyridine rings is 2. The van der Waals surface area contributed by atoms with Gasteiger partial charge in [0.1, 0.15) is 0 Å². The minimum Gasteiger partial charge on any atom is -0.453 e. The number of rotatable bonds is 14. The van der Waals surface area contributed by atoms with Gasteiger partial charge in [0.15, 0.2) is 23.0 Å². The fourth-order valence-corrected chi connectivity index (χ4v) is 13.3. The van der Waals surface area contributed by atoms with Crippen molar-refractivity contribution in [1.82, 2.24) is 9.97 Å². The van der Waals surface area contributed by atoms with Crippen LogP contribution in [0.4, 0.5) is 114 Å². The van der Waals surface area contributed by atoms with Crippen molar-refractivity contribution < 1.29 is 9.47 Å². The molecule has 0 radical (unpaired) electrons. The average Bonchev–Trinajstić information content (AvgIpc) is 0.739. The lowest BCUT2D eigenvalue weighted by atomic mass is 10.0. The Hall–Kier alpha value is -13.3. The van der Waals surface area contributed by atoms with Gasteiger partial charge >= 0.3 is 0 Å². The van der Waals surface area contributed by atoms with E-state index < -0.39 is 0 Å². The molecule has 4 heterocycles. The van der Waals surface area contributed by atoms with Gasteiger partial charge in [0.2, 0.25) is 0 Å². The Morgan fingerprint density at radius 3 is 0.656 bits per heavy atom. The molecule has 4 N–H and O–H groups in total. The number of anilines is 20. The summed E-state index contributed by atoms with van der Waals surface area (Å²) in [5.41, 5.74) is 33.2. The standard InChI is InChI=1S/C84H60N10O2/c85-81-71-49-69(93-73-45-41-65(89(57-25-9-1-10-26-57)58-27-11-2-12-28-58)51-77(73)95-78-52-66(42-46-74(78)93)90(59-29-13-3-14-30-59)60-31-15-4-16-32-60)55-87-83(71)84-72(82(81)86)50-70(56-88-84)94-75-47-43-67(91(61-33-17-5-18-34-61)62-35-19-6-20-36-62)53-79(75)96-80-54-68(44-48-76(80)94)92(63-37-21-7-22-38-63)64-39-23-8-24-40-64/h1-56H,85-86H2. The largest absolute Gasteiger partial charge is 0.453 e. The number of fused-ring (bicyclic) bond motifs is 7. The molecular formula is C84H60N10O2. The van der Waals surface area contributed by atoms with E-state index in [1.165, 1.54) is 0 Å². The molecule has 96 heavy (non-hydrogen) atoms. The fourth-order valence-electron chi connectivity index (χ4n) is 13.3. The molecule has 2 aliphatic rings. The van der Waals surface area contributed by atoms with Crippen LogP contribution in [0.5, 0.6) is 23.0 Å². The van der Waals surface area contributed by atoms with Crippen molar-refractivity contribution in [1.29, 1.82) is 0 Å². The Balaban J connectivity index is 0.802. The summed E-state index contributed by atoms with van der Waals surface area (Å²) in [6.45, 7) is 0. The Bertz CT molecular complexity index is 4590. The van der Waals surface area contributed by atoms with Gasteiger partial charge in [-0.15, -0.1) is 0 Å². The van der Waals surface area contributed by atoms with E-state index in [1.807, 2.05) is 60.9 Å². The van der Waals surface area contributed by atoms with Crippen LogP contribution in [-0.4, -0.2) is 9.97 Å². The molecule has 2 aliphatic heterocycles. The van der Waals surface area contributed by atoms with Gasteiger partial charge in [-0.1, -0.05) is 146 Å². The van der Waals surface area contributed by atoms with Crippen LogP contribution in [0.1, 0.15) is 0 Å². The lowest BCUT2D eigenvalue weighted by Crippen LogP contribution is -2.18. The Morgan fingerprint density at radius 2 is 0.448 bits per heavy atom. The summed E-state index contributed by atoms with van der Waals surface area (Å²) in [4.78, 5) is 23.9. The zero-order valence-electron chi connectivity index (χ0n) is 51.9. The first kappa shape index (κ1) is 56.6. The Morgan fingerprint density at radius 1 is 0.240 bits per heavy atom. The highest BCUT2D eigenvalue weighted by Crippen LogP contribution is 2.57. The summed E-state index contributed by atoms with van der Waals surface area (Å²) in [5, 5.41) is 1.31. The second-order valence-corrected chi connectivity index (χ2v) is 23.5. The summed E-state index contributed by atoms with van der Waals surface area (Å²) < 4.78 is 14.3. The van der Waals surface area contributed by atoms with E-state index in [1.54, 1.807) is 0 Å². The van der Waals surface area contributed by atoms with Gasteiger partial charge in [0.05, 0.1) is 68.9 Å². The van der Waals surface area contributed by atoms with E-state index in [2.05, 4.69) is 308 Å². The van der Waals surface area contributed by atoms with Gasteiger partial charge in [-0.2, -0.15) is 0 Å². The highest BCUT2D eigenvalue weighted by Gasteiger charge is 2.33. The zero-order chi connectivity index (χ0) is 64.1. The predicted molar refractivity (Wildman–Crippen MR) is 394 cm³/mol. The smallest absolute Gasteiger partial charge is 0.153 e. The van der Waals surface area contributed by atoms with Gasteiger partial charge < -0.3 is 50.3 Å². The van der Waals surface area contributed by atoms with Crippen LogP contribution < -0.4 is 50.3 Å². The summed E-state index contributed by atoms with van der Waals surface area (Å²) in [6.07, 6.45) is 3.78. The molecule has 12 nitrogen and oxygen atoms in total. The van der Waals surface area contributed by atoms with E-state index >= 15 is 0 Å². The maximum absolute atomic E-state index is 7.37. The Kier molecular flexibility index (Phi) is 14.2. The number of nitrogens with two attached hydrogens (primary N) is 2. The first-order valence-corrected chi connectivity index (χ1v) is 31.9. The van der Waals surface area contributed by atoms with Crippen molar-refractivity contribution in [2.24, 2.45) is 0 Å². The molecule has 0 saturated heterocycles. The van der Waals surface area contributed by atoms with E-state index in [-0.39, 0.29) is 0 Å². The molecule has 0 aliphatic carbocycles. The summed E-state index contributed by atoms with van der Waals surface area (Å²) in [5.74, 6) is 2.59. The molecule has 13 aromatic carbocycles. The molecule has 0 unspecified atom stereocenters. The SMILES string of the molecule is Nc1c(N)c2cc(N3c4ccc(N(c5ccccc5)c5ccccc5)cc4Oc4cc(N(c5ccccc5)c5ccccc5)ccc43)cnc2c2ncc(N3c4ccc(N(c5ccccc5)c5ccccc5)cc4Oc4cc(N(c5ccccc5)c5ccccc5)ccc43)cc12. The van der Waals surface area contributed by atoms with Crippen molar-refractivity contribution >= 4 is 136 Å². The highest BCUT2D eigenvalue weighted by molar-refractivity contribution is 6.17. The molecule has 12 heteroatoms. The van der Waals surface area contributed by atoms with E-state index in [9.17, 15) is 0 Å². The fraction of sp³-hybridized carbons (Fsp3) is 0. The average molecular weight is 1240 g/mol. The monoisotopic (exact) mass is 1240 g/mol. The lowest BCUT2D eigenvalue weighted by Gasteiger charge is -2.35. The maximum Gasteiger partial charge on any atom is 0.153 e. The number of hydrogen-bond donors (Lipinski definition) is 2. The molecule has 0 amide bonds. The molecule has 0 atom stereocenters. The van der Waals surface area contributed by atoms with Crippen LogP contribution in [-0.2, 0) is 0 Å². The number of ether oxygens (including phenoxy) is 2. The number of para-hydroxylation sites is 8. The Labute approximate surface area is 555 Å². The molecular weight excluding hydrogens is 1180 g/mol. The van der Waals surface area contributed by atoms with Gasteiger partial charge in [-0.05, 0) is 158 Å². The summed E-state index contributed by atoms with van der Waals surface area (Å²) in [6, 6.07) is 113. The first-order valence-electron chi connectivity index (χ1n) is 31.9. The van der Waals surface area contributed by atoms with Crippen molar-refractivity contribution in [3.8, 4) is 23.0 Å². The van der Waals surface area contributed by atoms with Gasteiger partial charge in [-0.3, -0.25) is 9.97 Å². The van der Waals surface area contributed by atoms with Crippen molar-refractivity contribution in [2.75, 3.05) is 40.9 Å². The number of nitrogens with zero attached hydrogens (tertiary/aromatic N) is 8. The number of hydrogen-bond acceptors (Lipinski definition) is 12. The minimum atomic E-state index is 0.383. The van der Waals surface area contributed by atoms with Gasteiger partial charge in [-0.25, -0.2) is 0 Å². The van der Waals surface area contributed by atoms with Crippen molar-refractivity contribution in [2.45, 2.75) is 0 Å². The molecule has 0 saturated carbocycles. The number of nitrogen functional groups attached to an aromatic ring is 2. The topological polar surface area (TPSA) is 116 Å². The van der Waals surface area contributed by atoms with E-state index in [0.29, 0.717) is 56.2 Å². The third-order valence-corrected chi connectivity index (χ3v) is 17.7. The summed E-state index contributed by atoms with van der Waals surface area (Å²) >= 11 is 0. The van der Waals surface area contributed by atoms with Crippen LogP contribution in [0.15, 0.2) is 340 Å². The number of aromatic nitrogens is 2. The quantitative estimate of drug-likeness (QED) is 0.0614. The van der Waals surface area contributed by atoms with Crippen LogP contribution in [0.25, 0.3) is 21.8 Å². The van der Waals surface area contributed by atoms with Crippen LogP contribution >= 0.6 is 0 Å². The predicted octanol–water partition coefficient (Wildman–Crippen LogP) is 23.0. The molecule has 17 rings (SSSR count). The van der Waals surface area contributed by atoms with Crippen LogP contribution in [0.3, 0.4) is 0 Å². The summed E-state index contributed by atoms with van der Waals surface area (Å²) in [7, 11) is 0. The van der Waals surface area contributed by atoms with Crippen molar-refractivity contribution in [3.05, 3.63) is 340 Å². The van der Waals surface area contributed by atoms with Crippen LogP contribution in [0, 0.1) is 0 Å². The molecule has 2 aromatic heterocycles. The molecule has 0 bridgehead atoms.